The van der Waals surface area contributed by atoms with Gasteiger partial charge >= 0.3 is 0 Å². The molecule has 0 aromatic carbocycles. The van der Waals surface area contributed by atoms with E-state index in [2.05, 4.69) is 15.9 Å². The van der Waals surface area contributed by atoms with Crippen molar-refractivity contribution >= 4 is 21.8 Å². The average molecular weight is 267 g/mol. The number of primary amides is 1. The summed E-state index contributed by atoms with van der Waals surface area (Å²) in [6.07, 6.45) is 0.865. The van der Waals surface area contributed by atoms with Crippen molar-refractivity contribution in [2.24, 2.45) is 11.5 Å². The van der Waals surface area contributed by atoms with Crippen LogP contribution in [0, 0.1) is 0 Å². The zero-order valence-corrected chi connectivity index (χ0v) is 8.94. The van der Waals surface area contributed by atoms with Crippen molar-refractivity contribution in [3.63, 3.8) is 0 Å². The number of carbonyl (C=O) groups excluding carboxylic acids is 1. The van der Waals surface area contributed by atoms with E-state index in [4.69, 9.17) is 11.5 Å². The van der Waals surface area contributed by atoms with Crippen LogP contribution in [0.1, 0.15) is 6.92 Å². The summed E-state index contributed by atoms with van der Waals surface area (Å²) in [5.41, 5.74) is 7.75. The highest BCUT2D eigenvalue weighted by Gasteiger charge is 2.43. The van der Waals surface area contributed by atoms with Crippen molar-refractivity contribution in [1.82, 2.24) is 0 Å². The average Bonchev–Trinajstić information content (AvgIpc) is 2.00. The minimum atomic E-state index is -2.01. The molecule has 78 valence electrons. The van der Waals surface area contributed by atoms with Crippen LogP contribution in [0.3, 0.4) is 0 Å². The molecule has 4 N–H and O–H groups in total. The lowest BCUT2D eigenvalue weighted by molar-refractivity contribution is -0.115. The van der Waals surface area contributed by atoms with Crippen LogP contribution in [0.25, 0.3) is 0 Å². The fraction of sp³-hybridized carbons (Fsp3) is 0.375. The van der Waals surface area contributed by atoms with Crippen LogP contribution in [0.2, 0.25) is 0 Å². The maximum atomic E-state index is 13.8. The number of halogens is 3. The number of allylic oxidation sites excluding steroid dienone is 2. The number of nitrogens with two attached hydrogens (primary N) is 2. The Kier molecular flexibility index (Phi) is 2.78. The molecule has 1 aliphatic rings. The van der Waals surface area contributed by atoms with Gasteiger partial charge in [0.2, 0.25) is 5.91 Å². The van der Waals surface area contributed by atoms with Gasteiger partial charge in [0.1, 0.15) is 5.83 Å². The van der Waals surface area contributed by atoms with Gasteiger partial charge in [-0.25, -0.2) is 8.78 Å². The Morgan fingerprint density at radius 3 is 2.64 bits per heavy atom. The molecule has 2 unspecified atom stereocenters. The maximum absolute atomic E-state index is 13.8. The second-order valence-electron chi connectivity index (χ2n) is 3.17. The lowest BCUT2D eigenvalue weighted by Gasteiger charge is -2.31. The summed E-state index contributed by atoms with van der Waals surface area (Å²) in [5, 5.41) is 0. The van der Waals surface area contributed by atoms with E-state index in [9.17, 15) is 13.6 Å². The van der Waals surface area contributed by atoms with E-state index < -0.39 is 29.0 Å². The van der Waals surface area contributed by atoms with E-state index in [1.165, 1.54) is 0 Å². The van der Waals surface area contributed by atoms with E-state index in [-0.39, 0.29) is 4.48 Å². The minimum absolute atomic E-state index is 0.0417. The predicted molar refractivity (Wildman–Crippen MR) is 51.8 cm³/mol. The number of hydrogen-bond acceptors (Lipinski definition) is 2. The summed E-state index contributed by atoms with van der Waals surface area (Å²) < 4.78 is 26.9. The molecule has 14 heavy (non-hydrogen) atoms. The fourth-order valence-electron chi connectivity index (χ4n) is 1.17. The Morgan fingerprint density at radius 2 is 2.21 bits per heavy atom. The Balaban J connectivity index is 3.29. The normalized spacial score (nSPS) is 32.9. The van der Waals surface area contributed by atoms with E-state index in [1.807, 2.05) is 0 Å². The second-order valence-corrected chi connectivity index (χ2v) is 4.03. The van der Waals surface area contributed by atoms with Gasteiger partial charge in [-0.2, -0.15) is 0 Å². The van der Waals surface area contributed by atoms with Crippen molar-refractivity contribution in [2.75, 3.05) is 0 Å². The lowest BCUT2D eigenvalue weighted by atomic mass is 9.87. The quantitative estimate of drug-likeness (QED) is 0.745. The van der Waals surface area contributed by atoms with Crippen molar-refractivity contribution in [1.29, 1.82) is 0 Å². The van der Waals surface area contributed by atoms with Crippen molar-refractivity contribution in [2.45, 2.75) is 18.6 Å². The fourth-order valence-corrected chi connectivity index (χ4v) is 1.62. The zero-order chi connectivity index (χ0) is 11.1. The summed E-state index contributed by atoms with van der Waals surface area (Å²) in [5.74, 6) is -1.94. The maximum Gasteiger partial charge on any atom is 0.249 e. The van der Waals surface area contributed by atoms with Gasteiger partial charge in [-0.1, -0.05) is 15.9 Å². The molecule has 2 atom stereocenters. The molecule has 0 heterocycles. The molecule has 0 radical (unpaired) electrons. The molecule has 1 rings (SSSR count). The molecule has 1 amide bonds. The topological polar surface area (TPSA) is 69.1 Å². The summed E-state index contributed by atoms with van der Waals surface area (Å²) >= 11 is 2.85. The number of hydrogen-bond donors (Lipinski definition) is 2. The first kappa shape index (κ1) is 11.3. The van der Waals surface area contributed by atoms with E-state index in [1.54, 1.807) is 0 Å². The van der Waals surface area contributed by atoms with E-state index in [0.29, 0.717) is 0 Å². The largest absolute Gasteiger partial charge is 0.366 e. The van der Waals surface area contributed by atoms with Gasteiger partial charge in [-0.15, -0.1) is 0 Å². The summed E-state index contributed by atoms with van der Waals surface area (Å²) in [4.78, 5) is 10.8. The van der Waals surface area contributed by atoms with Crippen LogP contribution in [-0.4, -0.2) is 17.6 Å². The molecule has 1 aliphatic carbocycles. The van der Waals surface area contributed by atoms with Gasteiger partial charge in [0.25, 0.3) is 0 Å². The molecule has 0 aromatic heterocycles. The molecule has 0 saturated carbocycles. The van der Waals surface area contributed by atoms with Crippen molar-refractivity contribution in [3.8, 4) is 0 Å². The Bertz CT molecular complexity index is 349. The molecule has 6 heteroatoms. The Morgan fingerprint density at radius 1 is 1.71 bits per heavy atom. The predicted octanol–water partition coefficient (Wildman–Crippen LogP) is 1.04. The zero-order valence-electron chi connectivity index (χ0n) is 7.35. The molecule has 0 aliphatic heterocycles. The van der Waals surface area contributed by atoms with E-state index >= 15 is 0 Å². The number of rotatable bonds is 1. The van der Waals surface area contributed by atoms with Gasteiger partial charge in [0, 0.05) is 4.48 Å². The molecule has 0 saturated heterocycles. The smallest absolute Gasteiger partial charge is 0.249 e. The van der Waals surface area contributed by atoms with Crippen LogP contribution in [0.15, 0.2) is 22.0 Å². The molecule has 3 nitrogen and oxygen atoms in total. The number of carbonyl (C=O) groups is 1. The van der Waals surface area contributed by atoms with E-state index in [0.717, 1.165) is 13.0 Å². The van der Waals surface area contributed by atoms with Crippen LogP contribution >= 0.6 is 15.9 Å². The third kappa shape index (κ3) is 1.59. The molecule has 0 spiro atoms. The molecular formula is C8H9BrF2N2O. The first-order valence-electron chi connectivity index (χ1n) is 3.80. The van der Waals surface area contributed by atoms with Gasteiger partial charge in [0.05, 0.1) is 11.6 Å². The highest BCUT2D eigenvalue weighted by atomic mass is 79.9. The summed E-state index contributed by atoms with van der Waals surface area (Å²) in [6.45, 7) is 1.15. The van der Waals surface area contributed by atoms with Crippen LogP contribution in [-0.2, 0) is 4.79 Å². The third-order valence-electron chi connectivity index (χ3n) is 2.14. The number of alkyl halides is 1. The van der Waals surface area contributed by atoms with Crippen molar-refractivity contribution < 1.29 is 13.6 Å². The van der Waals surface area contributed by atoms with Gasteiger partial charge in [-0.3, -0.25) is 4.79 Å². The molecule has 0 fully saturated rings. The van der Waals surface area contributed by atoms with Crippen LogP contribution in [0.4, 0.5) is 8.78 Å². The van der Waals surface area contributed by atoms with Gasteiger partial charge in [-0.05, 0) is 13.0 Å². The summed E-state index contributed by atoms with van der Waals surface area (Å²) in [6, 6.07) is -1.39. The van der Waals surface area contributed by atoms with Crippen LogP contribution < -0.4 is 11.5 Å². The second kappa shape index (κ2) is 3.43. The molecule has 0 bridgehead atoms. The minimum Gasteiger partial charge on any atom is -0.366 e. The molecule has 0 aromatic rings. The highest BCUT2D eigenvalue weighted by Crippen LogP contribution is 2.38. The Labute approximate surface area is 87.9 Å². The standard InChI is InChI=1S/C8H9BrF2N2O/c1-8(11)4(9)2-3(10)5(6(8)12)7(13)14/h2,6H,12H2,1H3,(H2,13,14). The van der Waals surface area contributed by atoms with Gasteiger partial charge < -0.3 is 11.5 Å². The highest BCUT2D eigenvalue weighted by molar-refractivity contribution is 9.11. The lowest BCUT2D eigenvalue weighted by Crippen LogP contribution is -2.48. The summed E-state index contributed by atoms with van der Waals surface area (Å²) in [7, 11) is 0. The molecular weight excluding hydrogens is 258 g/mol. The van der Waals surface area contributed by atoms with Crippen molar-refractivity contribution in [3.05, 3.63) is 22.0 Å². The number of amides is 1. The monoisotopic (exact) mass is 266 g/mol. The first-order chi connectivity index (χ1) is 6.28. The van der Waals surface area contributed by atoms with Crippen LogP contribution in [0.5, 0.6) is 0 Å². The third-order valence-corrected chi connectivity index (χ3v) is 3.14. The Hall–Kier alpha value is -0.750. The van der Waals surface area contributed by atoms with Gasteiger partial charge in [0.15, 0.2) is 5.67 Å². The SMILES string of the molecule is CC1(F)C(Br)=CC(F)=C(C(N)=O)C1N. The first-order valence-corrected chi connectivity index (χ1v) is 4.59.